The van der Waals surface area contributed by atoms with Gasteiger partial charge >= 0.3 is 0 Å². The Morgan fingerprint density at radius 3 is 2.52 bits per heavy atom. The van der Waals surface area contributed by atoms with Gasteiger partial charge < -0.3 is 10.6 Å². The van der Waals surface area contributed by atoms with Gasteiger partial charge in [0, 0.05) is 12.1 Å². The molecule has 1 atom stereocenters. The average Bonchev–Trinajstić information content (AvgIpc) is 2.50. The smallest absolute Gasteiger partial charge is 0.270 e. The minimum atomic E-state index is -0.238. The zero-order valence-electron chi connectivity index (χ0n) is 13.2. The number of benzene rings is 1. The second-order valence-electron chi connectivity index (χ2n) is 5.19. The van der Waals surface area contributed by atoms with Crippen LogP contribution in [-0.2, 0) is 0 Å². The van der Waals surface area contributed by atoms with Crippen LogP contribution in [-0.4, -0.2) is 21.9 Å². The van der Waals surface area contributed by atoms with E-state index < -0.39 is 0 Å². The van der Waals surface area contributed by atoms with Gasteiger partial charge in [-0.3, -0.25) is 4.79 Å². The van der Waals surface area contributed by atoms with Crippen molar-refractivity contribution in [2.45, 2.75) is 33.2 Å². The molecule has 0 aliphatic heterocycles. The van der Waals surface area contributed by atoms with Crippen LogP contribution in [0.4, 0.5) is 11.5 Å². The van der Waals surface area contributed by atoms with E-state index in [1.807, 2.05) is 13.8 Å². The predicted octanol–water partition coefficient (Wildman–Crippen LogP) is 4.36. The fourth-order valence-corrected chi connectivity index (χ4v) is 2.39. The molecule has 2 aromatic rings. The molecule has 0 radical (unpaired) electrons. The average molecular weight is 353 g/mol. The normalized spacial score (nSPS) is 11.9. The molecule has 1 aromatic carbocycles. The number of rotatable bonds is 5. The highest BCUT2D eigenvalue weighted by Crippen LogP contribution is 2.32. The number of carbonyl (C=O) groups is 1. The Balaban J connectivity index is 2.29. The number of anilines is 2. The molecule has 1 amide bonds. The zero-order valence-corrected chi connectivity index (χ0v) is 14.7. The first-order valence-corrected chi connectivity index (χ1v) is 8.04. The van der Waals surface area contributed by atoms with Crippen LogP contribution in [0.3, 0.4) is 0 Å². The van der Waals surface area contributed by atoms with Crippen molar-refractivity contribution >= 4 is 40.6 Å². The monoisotopic (exact) mass is 352 g/mol. The lowest BCUT2D eigenvalue weighted by molar-refractivity contribution is 0.0934. The number of amides is 1. The Kier molecular flexibility index (Phi) is 5.80. The van der Waals surface area contributed by atoms with Crippen molar-refractivity contribution in [3.8, 4) is 0 Å². The summed E-state index contributed by atoms with van der Waals surface area (Å²) < 4.78 is 0. The van der Waals surface area contributed by atoms with Crippen LogP contribution in [0.1, 0.15) is 36.6 Å². The Morgan fingerprint density at radius 2 is 1.91 bits per heavy atom. The summed E-state index contributed by atoms with van der Waals surface area (Å²) in [5.41, 5.74) is 0.839. The molecule has 0 spiro atoms. The van der Waals surface area contributed by atoms with Crippen molar-refractivity contribution < 1.29 is 4.79 Å². The zero-order chi connectivity index (χ0) is 17.0. The summed E-state index contributed by atoms with van der Waals surface area (Å²) in [6.07, 6.45) is 0.843. The van der Waals surface area contributed by atoms with E-state index >= 15 is 0 Å². The molecule has 1 unspecified atom stereocenters. The molecule has 2 rings (SSSR count). The molecule has 2 N–H and O–H groups in total. The van der Waals surface area contributed by atoms with Crippen LogP contribution in [0.15, 0.2) is 24.3 Å². The molecule has 7 heteroatoms. The minimum absolute atomic E-state index is 0.0761. The first-order chi connectivity index (χ1) is 10.9. The maximum absolute atomic E-state index is 12.2. The summed E-state index contributed by atoms with van der Waals surface area (Å²) >= 11 is 12.3. The van der Waals surface area contributed by atoms with Crippen LogP contribution in [0.2, 0.25) is 10.0 Å². The number of para-hydroxylation sites is 1. The van der Waals surface area contributed by atoms with E-state index in [-0.39, 0.29) is 11.9 Å². The minimum Gasteiger partial charge on any atom is -0.348 e. The van der Waals surface area contributed by atoms with Crippen molar-refractivity contribution in [3.63, 3.8) is 0 Å². The molecule has 122 valence electrons. The highest BCUT2D eigenvalue weighted by molar-refractivity contribution is 6.39. The Bertz CT molecular complexity index is 701. The molecule has 0 bridgehead atoms. The molecule has 0 aliphatic rings. The van der Waals surface area contributed by atoms with Gasteiger partial charge in [-0.25, -0.2) is 9.97 Å². The molecule has 0 fully saturated rings. The molecule has 1 aromatic heterocycles. The molecule has 0 saturated carbocycles. The van der Waals surface area contributed by atoms with E-state index in [1.165, 1.54) is 0 Å². The molecule has 0 saturated heterocycles. The topological polar surface area (TPSA) is 66.9 Å². The van der Waals surface area contributed by atoms with Crippen LogP contribution in [0.5, 0.6) is 0 Å². The maximum Gasteiger partial charge on any atom is 0.270 e. The lowest BCUT2D eigenvalue weighted by Crippen LogP contribution is -2.32. The Labute approximate surface area is 145 Å². The number of hydrogen-bond donors (Lipinski definition) is 2. The maximum atomic E-state index is 12.2. The van der Waals surface area contributed by atoms with E-state index in [0.717, 1.165) is 6.42 Å². The van der Waals surface area contributed by atoms with E-state index in [2.05, 4.69) is 20.6 Å². The predicted molar refractivity (Wildman–Crippen MR) is 93.7 cm³/mol. The Hall–Kier alpha value is -1.85. The molecule has 23 heavy (non-hydrogen) atoms. The molecule has 1 heterocycles. The van der Waals surface area contributed by atoms with Crippen molar-refractivity contribution in [3.05, 3.63) is 45.8 Å². The van der Waals surface area contributed by atoms with Crippen molar-refractivity contribution in [2.24, 2.45) is 0 Å². The summed E-state index contributed by atoms with van der Waals surface area (Å²) in [5, 5.41) is 6.87. The van der Waals surface area contributed by atoms with Gasteiger partial charge in [0.05, 0.1) is 15.7 Å². The second-order valence-corrected chi connectivity index (χ2v) is 6.00. The lowest BCUT2D eigenvalue weighted by Gasteiger charge is -2.13. The summed E-state index contributed by atoms with van der Waals surface area (Å²) in [5.74, 6) is 0.701. The van der Waals surface area contributed by atoms with Gasteiger partial charge in [0.15, 0.2) is 0 Å². The van der Waals surface area contributed by atoms with E-state index in [9.17, 15) is 4.79 Å². The van der Waals surface area contributed by atoms with Gasteiger partial charge in [-0.15, -0.1) is 0 Å². The molecular formula is C16H18Cl2N4O. The van der Waals surface area contributed by atoms with Gasteiger partial charge in [-0.05, 0) is 32.4 Å². The molecule has 5 nitrogen and oxygen atoms in total. The third-order valence-corrected chi connectivity index (χ3v) is 3.91. The standard InChI is InChI=1S/C16H18Cl2N4O/c1-4-9(2)19-16(23)13-8-14(21-10(3)20-13)22-15-11(17)6-5-7-12(15)18/h5-9H,4H2,1-3H3,(H,19,23)(H,20,21,22). The van der Waals surface area contributed by atoms with Crippen molar-refractivity contribution in [2.75, 3.05) is 5.32 Å². The third-order valence-electron chi connectivity index (χ3n) is 3.28. The van der Waals surface area contributed by atoms with Gasteiger partial charge in [0.2, 0.25) is 0 Å². The van der Waals surface area contributed by atoms with Crippen LogP contribution in [0, 0.1) is 6.92 Å². The van der Waals surface area contributed by atoms with Crippen molar-refractivity contribution in [1.29, 1.82) is 0 Å². The second kappa shape index (κ2) is 7.62. The van der Waals surface area contributed by atoms with Crippen LogP contribution >= 0.6 is 23.2 Å². The van der Waals surface area contributed by atoms with Gasteiger partial charge in [0.1, 0.15) is 17.3 Å². The first kappa shape index (κ1) is 17.5. The Morgan fingerprint density at radius 1 is 1.26 bits per heavy atom. The number of hydrogen-bond acceptors (Lipinski definition) is 4. The largest absolute Gasteiger partial charge is 0.348 e. The van der Waals surface area contributed by atoms with Crippen LogP contribution in [0.25, 0.3) is 0 Å². The van der Waals surface area contributed by atoms with Crippen molar-refractivity contribution in [1.82, 2.24) is 15.3 Å². The summed E-state index contributed by atoms with van der Waals surface area (Å²) in [6, 6.07) is 6.85. The number of halogens is 2. The lowest BCUT2D eigenvalue weighted by atomic mass is 10.2. The number of aryl methyl sites for hydroxylation is 1. The quantitative estimate of drug-likeness (QED) is 0.838. The fraction of sp³-hybridized carbons (Fsp3) is 0.312. The van der Waals surface area contributed by atoms with E-state index in [1.54, 1.807) is 31.2 Å². The fourth-order valence-electron chi connectivity index (χ4n) is 1.89. The number of nitrogens with one attached hydrogen (secondary N) is 2. The highest BCUT2D eigenvalue weighted by atomic mass is 35.5. The van der Waals surface area contributed by atoms with Gasteiger partial charge in [-0.2, -0.15) is 0 Å². The number of aromatic nitrogens is 2. The number of carbonyl (C=O) groups excluding carboxylic acids is 1. The van der Waals surface area contributed by atoms with E-state index in [4.69, 9.17) is 23.2 Å². The summed E-state index contributed by atoms with van der Waals surface area (Å²) in [4.78, 5) is 20.7. The summed E-state index contributed by atoms with van der Waals surface area (Å²) in [7, 11) is 0. The number of nitrogens with zero attached hydrogens (tertiary/aromatic N) is 2. The van der Waals surface area contributed by atoms with Crippen LogP contribution < -0.4 is 10.6 Å². The SMILES string of the molecule is CCC(C)NC(=O)c1cc(Nc2c(Cl)cccc2Cl)nc(C)n1. The van der Waals surface area contributed by atoms with E-state index in [0.29, 0.717) is 33.1 Å². The van der Waals surface area contributed by atoms with Gasteiger partial charge in [0.25, 0.3) is 5.91 Å². The molecule has 0 aliphatic carbocycles. The third kappa shape index (κ3) is 4.56. The van der Waals surface area contributed by atoms with Gasteiger partial charge in [-0.1, -0.05) is 36.2 Å². The highest BCUT2D eigenvalue weighted by Gasteiger charge is 2.14. The molecular weight excluding hydrogens is 335 g/mol. The summed E-state index contributed by atoms with van der Waals surface area (Å²) in [6.45, 7) is 5.66. The first-order valence-electron chi connectivity index (χ1n) is 7.28.